The highest BCUT2D eigenvalue weighted by Gasteiger charge is 2.64. The third-order valence-electron chi connectivity index (χ3n) is 6.27. The molecule has 4 atom stereocenters. The summed E-state index contributed by atoms with van der Waals surface area (Å²) < 4.78 is 0. The molecule has 0 radical (unpaired) electrons. The Morgan fingerprint density at radius 3 is 2.29 bits per heavy atom. The minimum atomic E-state index is 0.133. The predicted octanol–water partition coefficient (Wildman–Crippen LogP) is 2.28. The van der Waals surface area contributed by atoms with Gasteiger partial charge in [-0.05, 0) is 55.8 Å². The molecule has 0 amide bonds. The Morgan fingerprint density at radius 2 is 1.65 bits per heavy atom. The van der Waals surface area contributed by atoms with Gasteiger partial charge < -0.3 is 11.1 Å². The Morgan fingerprint density at radius 1 is 1.00 bits per heavy atom. The van der Waals surface area contributed by atoms with Crippen molar-refractivity contribution in [3.63, 3.8) is 0 Å². The minimum Gasteiger partial charge on any atom is -0.324 e. The van der Waals surface area contributed by atoms with Gasteiger partial charge in [0.25, 0.3) is 0 Å². The van der Waals surface area contributed by atoms with E-state index in [1.54, 1.807) is 6.42 Å². The summed E-state index contributed by atoms with van der Waals surface area (Å²) in [5.74, 6) is 4.28. The maximum atomic E-state index is 6.51. The Labute approximate surface area is 105 Å². The van der Waals surface area contributed by atoms with Gasteiger partial charge in [0.2, 0.25) is 0 Å². The second kappa shape index (κ2) is 3.71. The van der Waals surface area contributed by atoms with Gasteiger partial charge in [0, 0.05) is 18.1 Å². The van der Waals surface area contributed by atoms with Crippen LogP contribution in [-0.4, -0.2) is 18.1 Å². The molecule has 0 saturated heterocycles. The molecule has 0 heterocycles. The van der Waals surface area contributed by atoms with Crippen LogP contribution in [0.5, 0.6) is 0 Å². The molecule has 96 valence electrons. The number of hydrogen-bond donors (Lipinski definition) is 2. The number of nitrogens with two attached hydrogens (primary N) is 1. The molecule has 0 aliphatic heterocycles. The van der Waals surface area contributed by atoms with E-state index in [1.165, 1.54) is 44.9 Å². The first-order valence-electron chi connectivity index (χ1n) is 7.79. The summed E-state index contributed by atoms with van der Waals surface area (Å²) in [6, 6.07) is 0.864. The second-order valence-electron chi connectivity index (χ2n) is 7.32. The van der Waals surface area contributed by atoms with Gasteiger partial charge in [-0.15, -0.1) is 0 Å². The Hall–Kier alpha value is -0.0800. The zero-order valence-electron chi connectivity index (χ0n) is 10.8. The van der Waals surface area contributed by atoms with Crippen molar-refractivity contribution < 1.29 is 0 Å². The number of nitrogens with one attached hydrogen (secondary N) is 1. The summed E-state index contributed by atoms with van der Waals surface area (Å²) >= 11 is 0. The number of hydrogen-bond acceptors (Lipinski definition) is 2. The molecule has 2 nitrogen and oxygen atoms in total. The predicted molar refractivity (Wildman–Crippen MR) is 69.6 cm³/mol. The third-order valence-corrected chi connectivity index (χ3v) is 6.27. The van der Waals surface area contributed by atoms with Crippen molar-refractivity contribution in [2.45, 2.75) is 62.9 Å². The first kappa shape index (κ1) is 10.8. The van der Waals surface area contributed by atoms with E-state index in [0.717, 1.165) is 36.3 Å². The van der Waals surface area contributed by atoms with Gasteiger partial charge in [-0.25, -0.2) is 0 Å². The number of fused-ring (bicyclic) bond motifs is 5. The molecule has 4 aliphatic rings. The maximum Gasteiger partial charge on any atom is 0.0280 e. The van der Waals surface area contributed by atoms with E-state index in [9.17, 15) is 0 Å². The Bertz CT molecular complexity index is 292. The molecule has 4 unspecified atom stereocenters. The zero-order valence-corrected chi connectivity index (χ0v) is 10.8. The molecule has 0 aromatic heterocycles. The molecular weight excluding hydrogens is 208 g/mol. The van der Waals surface area contributed by atoms with Crippen molar-refractivity contribution in [3.05, 3.63) is 0 Å². The van der Waals surface area contributed by atoms with E-state index in [4.69, 9.17) is 5.73 Å². The summed E-state index contributed by atoms with van der Waals surface area (Å²) in [5, 5.41) is 3.84. The summed E-state index contributed by atoms with van der Waals surface area (Å²) in [5.41, 5.74) is 6.64. The van der Waals surface area contributed by atoms with Crippen molar-refractivity contribution in [2.24, 2.45) is 29.4 Å². The SMILES string of the molecule is NC1(CNC2C3C4CCC(C4)C23)CCCCC1. The van der Waals surface area contributed by atoms with E-state index in [0.29, 0.717) is 0 Å². The topological polar surface area (TPSA) is 38.0 Å². The van der Waals surface area contributed by atoms with Crippen LogP contribution < -0.4 is 11.1 Å². The van der Waals surface area contributed by atoms with Crippen molar-refractivity contribution in [1.82, 2.24) is 5.32 Å². The first-order chi connectivity index (χ1) is 8.27. The van der Waals surface area contributed by atoms with Crippen LogP contribution in [0.15, 0.2) is 0 Å². The van der Waals surface area contributed by atoms with Crippen molar-refractivity contribution in [1.29, 1.82) is 0 Å². The lowest BCUT2D eigenvalue weighted by molar-refractivity contribution is 0.276. The normalized spacial score (nSPS) is 50.3. The molecule has 17 heavy (non-hydrogen) atoms. The van der Waals surface area contributed by atoms with Crippen LogP contribution >= 0.6 is 0 Å². The minimum absolute atomic E-state index is 0.133. The fourth-order valence-electron chi connectivity index (χ4n) is 5.35. The van der Waals surface area contributed by atoms with Gasteiger partial charge in [0.1, 0.15) is 0 Å². The highest BCUT2D eigenvalue weighted by molar-refractivity contribution is 5.17. The molecule has 3 N–H and O–H groups in total. The third kappa shape index (κ3) is 1.67. The monoisotopic (exact) mass is 234 g/mol. The molecule has 2 heteroatoms. The fourth-order valence-corrected chi connectivity index (χ4v) is 5.35. The first-order valence-corrected chi connectivity index (χ1v) is 7.79. The van der Waals surface area contributed by atoms with Crippen LogP contribution in [0.4, 0.5) is 0 Å². The average molecular weight is 234 g/mol. The van der Waals surface area contributed by atoms with E-state index in [2.05, 4.69) is 5.32 Å². The largest absolute Gasteiger partial charge is 0.324 e. The van der Waals surface area contributed by atoms with Crippen LogP contribution in [0.2, 0.25) is 0 Å². The summed E-state index contributed by atoms with van der Waals surface area (Å²) in [7, 11) is 0. The summed E-state index contributed by atoms with van der Waals surface area (Å²) in [6.07, 6.45) is 11.2. The fraction of sp³-hybridized carbons (Fsp3) is 1.00. The van der Waals surface area contributed by atoms with E-state index < -0.39 is 0 Å². The van der Waals surface area contributed by atoms with Crippen LogP contribution in [0.1, 0.15) is 51.4 Å². The molecule has 0 spiro atoms. The van der Waals surface area contributed by atoms with Crippen molar-refractivity contribution in [3.8, 4) is 0 Å². The van der Waals surface area contributed by atoms with Crippen LogP contribution in [0.3, 0.4) is 0 Å². The molecule has 4 aliphatic carbocycles. The average Bonchev–Trinajstić information content (AvgIpc) is 2.73. The molecule has 4 rings (SSSR count). The smallest absolute Gasteiger partial charge is 0.0280 e. The Balaban J connectivity index is 1.32. The highest BCUT2D eigenvalue weighted by Crippen LogP contribution is 2.65. The van der Waals surface area contributed by atoms with Gasteiger partial charge >= 0.3 is 0 Å². The van der Waals surface area contributed by atoms with Gasteiger partial charge in [0.05, 0.1) is 0 Å². The molecule has 4 saturated carbocycles. The highest BCUT2D eigenvalue weighted by atomic mass is 15.0. The van der Waals surface area contributed by atoms with E-state index >= 15 is 0 Å². The van der Waals surface area contributed by atoms with Crippen LogP contribution in [-0.2, 0) is 0 Å². The lowest BCUT2D eigenvalue weighted by Gasteiger charge is -2.34. The van der Waals surface area contributed by atoms with E-state index in [-0.39, 0.29) is 5.54 Å². The number of rotatable bonds is 3. The Kier molecular flexibility index (Phi) is 2.36. The maximum absolute atomic E-state index is 6.51. The quantitative estimate of drug-likeness (QED) is 0.786. The molecule has 2 bridgehead atoms. The molecular formula is C15H26N2. The second-order valence-corrected chi connectivity index (χ2v) is 7.32. The molecule has 0 aromatic rings. The summed E-state index contributed by atoms with van der Waals surface area (Å²) in [6.45, 7) is 1.09. The van der Waals surface area contributed by atoms with Crippen molar-refractivity contribution >= 4 is 0 Å². The molecule has 4 fully saturated rings. The van der Waals surface area contributed by atoms with Crippen molar-refractivity contribution in [2.75, 3.05) is 6.54 Å². The summed E-state index contributed by atoms with van der Waals surface area (Å²) in [4.78, 5) is 0. The van der Waals surface area contributed by atoms with Gasteiger partial charge in [-0.2, -0.15) is 0 Å². The zero-order chi connectivity index (χ0) is 11.5. The van der Waals surface area contributed by atoms with Crippen LogP contribution in [0.25, 0.3) is 0 Å². The molecule has 0 aromatic carbocycles. The standard InChI is InChI=1S/C15H26N2/c16-15(6-2-1-3-7-15)9-17-14-12-10-4-5-11(8-10)13(12)14/h10-14,17H,1-9,16H2. The van der Waals surface area contributed by atoms with Gasteiger partial charge in [-0.1, -0.05) is 19.3 Å². The van der Waals surface area contributed by atoms with Gasteiger partial charge in [0.15, 0.2) is 0 Å². The van der Waals surface area contributed by atoms with Crippen LogP contribution in [0, 0.1) is 23.7 Å². The lowest BCUT2D eigenvalue weighted by atomic mass is 9.82. The van der Waals surface area contributed by atoms with Gasteiger partial charge in [-0.3, -0.25) is 0 Å². The van der Waals surface area contributed by atoms with E-state index in [1.807, 2.05) is 0 Å². The lowest BCUT2D eigenvalue weighted by Crippen LogP contribution is -2.51.